The third-order valence-electron chi connectivity index (χ3n) is 3.74. The molecule has 5 atom stereocenters. The number of nitrogen functional groups attached to an aromatic ring is 1. The van der Waals surface area contributed by atoms with Crippen molar-refractivity contribution >= 4 is 40.9 Å². The second-order valence-electron chi connectivity index (χ2n) is 5.24. The Labute approximate surface area is 169 Å². The molecular formula is C10H10BrN5NaO7P. The van der Waals surface area contributed by atoms with E-state index in [0.29, 0.717) is 0 Å². The first-order valence-electron chi connectivity index (χ1n) is 6.67. The zero-order chi connectivity index (χ0) is 17.2. The smallest absolute Gasteiger partial charge is 0.756 e. The monoisotopic (exact) mass is 445 g/mol. The van der Waals surface area contributed by atoms with Gasteiger partial charge in [-0.15, -0.1) is 0 Å². The summed E-state index contributed by atoms with van der Waals surface area (Å²) in [5.41, 5.74) is 5.02. The number of aromatic amines is 1. The number of halogens is 1. The molecule has 2 saturated heterocycles. The molecule has 0 spiro atoms. The number of nitrogens with two attached hydrogens (primary N) is 1. The van der Waals surface area contributed by atoms with Crippen LogP contribution in [-0.2, 0) is 18.3 Å². The quantitative estimate of drug-likeness (QED) is 0.220. The van der Waals surface area contributed by atoms with Crippen molar-refractivity contribution in [3.05, 3.63) is 15.1 Å². The Morgan fingerprint density at radius 2 is 2.20 bits per heavy atom. The second kappa shape index (κ2) is 6.68. The van der Waals surface area contributed by atoms with Gasteiger partial charge in [0, 0.05) is 0 Å². The first kappa shape index (κ1) is 19.4. The van der Waals surface area contributed by atoms with Crippen LogP contribution in [0.15, 0.2) is 9.53 Å². The molecule has 4 unspecified atom stereocenters. The Kier molecular flexibility index (Phi) is 5.19. The Bertz CT molecular complexity index is 936. The fourth-order valence-corrected chi connectivity index (χ4v) is 4.24. The average molecular weight is 446 g/mol. The number of aliphatic hydroxyl groups is 1. The first-order chi connectivity index (χ1) is 11.3. The zero-order valence-electron chi connectivity index (χ0n) is 12.7. The predicted molar refractivity (Wildman–Crippen MR) is 78.6 cm³/mol. The fourth-order valence-electron chi connectivity index (χ4n) is 2.74. The zero-order valence-corrected chi connectivity index (χ0v) is 17.1. The minimum absolute atomic E-state index is 0. The second-order valence-corrected chi connectivity index (χ2v) is 7.32. The molecular weight excluding hydrogens is 436 g/mol. The van der Waals surface area contributed by atoms with E-state index in [9.17, 15) is 19.4 Å². The molecule has 0 amide bonds. The molecule has 4 heterocycles. The number of ether oxygens (including phenoxy) is 1. The molecule has 0 bridgehead atoms. The fraction of sp³-hybridized carbons (Fsp3) is 0.500. The van der Waals surface area contributed by atoms with Crippen LogP contribution in [0.3, 0.4) is 0 Å². The van der Waals surface area contributed by atoms with Crippen LogP contribution in [0.2, 0.25) is 0 Å². The van der Waals surface area contributed by atoms with Gasteiger partial charge in [-0.2, -0.15) is 4.98 Å². The minimum atomic E-state index is -4.49. The van der Waals surface area contributed by atoms with E-state index in [1.807, 2.05) is 0 Å². The van der Waals surface area contributed by atoms with Crippen molar-refractivity contribution in [3.63, 3.8) is 0 Å². The molecule has 0 aromatic carbocycles. The number of fused-ring (bicyclic) bond motifs is 2. The Hall–Kier alpha value is -0.340. The van der Waals surface area contributed by atoms with Gasteiger partial charge < -0.3 is 29.5 Å². The van der Waals surface area contributed by atoms with Gasteiger partial charge in [-0.25, -0.2) is 4.98 Å². The van der Waals surface area contributed by atoms with Crippen molar-refractivity contribution in [2.75, 3.05) is 12.3 Å². The summed E-state index contributed by atoms with van der Waals surface area (Å²) in [5, 5.41) is 10.4. The van der Waals surface area contributed by atoms with Crippen molar-refractivity contribution in [2.45, 2.75) is 24.5 Å². The van der Waals surface area contributed by atoms with E-state index in [0.717, 1.165) is 0 Å². The van der Waals surface area contributed by atoms with Crippen LogP contribution in [0.5, 0.6) is 0 Å². The number of hydrogen-bond acceptors (Lipinski definition) is 10. The van der Waals surface area contributed by atoms with Crippen LogP contribution >= 0.6 is 23.8 Å². The van der Waals surface area contributed by atoms with Crippen LogP contribution in [0.25, 0.3) is 11.2 Å². The average Bonchev–Trinajstić information content (AvgIpc) is 2.96. The first-order valence-corrected chi connectivity index (χ1v) is 8.93. The number of hydrogen-bond donors (Lipinski definition) is 3. The van der Waals surface area contributed by atoms with Gasteiger partial charge >= 0.3 is 29.6 Å². The van der Waals surface area contributed by atoms with Crippen molar-refractivity contribution in [3.8, 4) is 0 Å². The topological polar surface area (TPSA) is 178 Å². The molecule has 4 N–H and O–H groups in total. The van der Waals surface area contributed by atoms with E-state index in [-0.39, 0.29) is 58.0 Å². The molecule has 130 valence electrons. The van der Waals surface area contributed by atoms with Crippen LogP contribution in [-0.4, -0.2) is 49.5 Å². The van der Waals surface area contributed by atoms with Gasteiger partial charge in [0.2, 0.25) is 5.95 Å². The standard InChI is InChI=1S/C10H11BrN5O7P.Na/c11-9-13-3-6(14-10(12)15-7(3)18)16(9)8-4(17)5-2(22-8)1-21-24(19,20)23-5;/h2,4-5,8,17H,1H2,(H,19,20)(H3,12,14,15,18);/q;+1/p-1/t2?,4?,5-,8?;/m0./s1. The van der Waals surface area contributed by atoms with Gasteiger partial charge in [0.25, 0.3) is 13.4 Å². The molecule has 0 radical (unpaired) electrons. The summed E-state index contributed by atoms with van der Waals surface area (Å²) in [4.78, 5) is 33.6. The largest absolute Gasteiger partial charge is 1.00 e. The number of nitrogens with one attached hydrogen (secondary N) is 1. The number of rotatable bonds is 1. The van der Waals surface area contributed by atoms with E-state index < -0.39 is 37.9 Å². The van der Waals surface area contributed by atoms with E-state index in [1.165, 1.54) is 4.57 Å². The van der Waals surface area contributed by atoms with Crippen molar-refractivity contribution < 1.29 is 57.9 Å². The number of phosphoric acid groups is 1. The SMILES string of the molecule is Nc1nc2c(nc(Br)n2C2OC3COP(=O)([O-])O[C@@H]3C2O)c(=O)[nH]1.[Na+]. The number of nitrogens with zero attached hydrogens (tertiary/aromatic N) is 3. The summed E-state index contributed by atoms with van der Waals surface area (Å²) in [5.74, 6) is -0.144. The van der Waals surface area contributed by atoms with Crippen molar-refractivity contribution in [2.24, 2.45) is 0 Å². The van der Waals surface area contributed by atoms with Crippen LogP contribution < -0.4 is 45.7 Å². The van der Waals surface area contributed by atoms with E-state index >= 15 is 0 Å². The Morgan fingerprint density at radius 3 is 2.92 bits per heavy atom. The maximum atomic E-state index is 11.9. The maximum Gasteiger partial charge on any atom is 1.00 e. The molecule has 15 heteroatoms. The Balaban J connectivity index is 0.00000182. The molecule has 0 saturated carbocycles. The molecule has 2 fully saturated rings. The number of phosphoric ester groups is 1. The summed E-state index contributed by atoms with van der Waals surface area (Å²) in [6, 6.07) is 0. The van der Waals surface area contributed by atoms with Gasteiger partial charge in [-0.05, 0) is 15.9 Å². The van der Waals surface area contributed by atoms with Crippen molar-refractivity contribution in [1.82, 2.24) is 19.5 Å². The molecule has 4 rings (SSSR count). The molecule has 2 aromatic rings. The van der Waals surface area contributed by atoms with E-state index in [2.05, 4.69) is 35.4 Å². The van der Waals surface area contributed by atoms with Crippen LogP contribution in [0, 0.1) is 0 Å². The molecule has 2 aliphatic heterocycles. The number of imidazole rings is 1. The minimum Gasteiger partial charge on any atom is -0.756 e. The summed E-state index contributed by atoms with van der Waals surface area (Å²) in [6.07, 6.45) is -4.42. The van der Waals surface area contributed by atoms with Gasteiger partial charge in [0.15, 0.2) is 22.1 Å². The normalized spacial score (nSPS) is 34.7. The molecule has 25 heavy (non-hydrogen) atoms. The summed E-state index contributed by atoms with van der Waals surface area (Å²) < 4.78 is 27.8. The van der Waals surface area contributed by atoms with E-state index in [4.69, 9.17) is 15.0 Å². The van der Waals surface area contributed by atoms with Crippen molar-refractivity contribution in [1.29, 1.82) is 0 Å². The van der Waals surface area contributed by atoms with Crippen LogP contribution in [0.4, 0.5) is 5.95 Å². The molecule has 2 aromatic heterocycles. The van der Waals surface area contributed by atoms with Gasteiger partial charge in [-0.1, -0.05) is 0 Å². The molecule has 0 aliphatic carbocycles. The maximum absolute atomic E-state index is 11.9. The van der Waals surface area contributed by atoms with Gasteiger partial charge in [-0.3, -0.25) is 18.9 Å². The summed E-state index contributed by atoms with van der Waals surface area (Å²) in [7, 11) is -4.49. The predicted octanol–water partition coefficient (Wildman–Crippen LogP) is -4.39. The van der Waals surface area contributed by atoms with Crippen LogP contribution in [0.1, 0.15) is 6.23 Å². The summed E-state index contributed by atoms with van der Waals surface area (Å²) in [6.45, 7) is -0.292. The van der Waals surface area contributed by atoms with Gasteiger partial charge in [0.05, 0.1) is 6.61 Å². The molecule has 2 aliphatic rings. The third-order valence-corrected chi connectivity index (χ3v) is 5.26. The number of anilines is 1. The number of aliphatic hydroxyl groups excluding tert-OH is 1. The Morgan fingerprint density at radius 1 is 1.48 bits per heavy atom. The number of H-pyrrole nitrogens is 1. The van der Waals surface area contributed by atoms with Gasteiger partial charge in [0.1, 0.15) is 18.3 Å². The number of aromatic nitrogens is 4. The molecule has 12 nitrogen and oxygen atoms in total. The third kappa shape index (κ3) is 3.23. The summed E-state index contributed by atoms with van der Waals surface area (Å²) >= 11 is 3.17. The van der Waals surface area contributed by atoms with E-state index in [1.54, 1.807) is 0 Å².